The third-order valence-electron chi connectivity index (χ3n) is 3.34. The minimum atomic E-state index is -0.681. The first-order valence-corrected chi connectivity index (χ1v) is 5.96. The van der Waals surface area contributed by atoms with Crippen LogP contribution in [-0.4, -0.2) is 26.0 Å². The molecule has 1 saturated carbocycles. The zero-order valence-corrected chi connectivity index (χ0v) is 10.5. The number of methoxy groups -OCH3 is 1. The van der Waals surface area contributed by atoms with Gasteiger partial charge < -0.3 is 9.47 Å². The summed E-state index contributed by atoms with van der Waals surface area (Å²) in [6.07, 6.45) is 1.36. The standard InChI is InChI=1S/C14H16O4/c1-3-18-14(8-12(14)13(16)17-2)11-7-5-4-6-10(11)9-15/h4-7,9,12H,3,8H2,1-2H3/t12-,14+/m1/s1. The molecule has 1 fully saturated rings. The Kier molecular flexibility index (Phi) is 3.48. The fraction of sp³-hybridized carbons (Fsp3) is 0.429. The van der Waals surface area contributed by atoms with Crippen LogP contribution in [0.3, 0.4) is 0 Å². The molecular weight excluding hydrogens is 232 g/mol. The predicted octanol–water partition coefficient (Wildman–Crippen LogP) is 1.92. The van der Waals surface area contributed by atoms with E-state index < -0.39 is 5.60 Å². The number of benzene rings is 1. The number of esters is 1. The summed E-state index contributed by atoms with van der Waals surface area (Å²) in [7, 11) is 1.36. The van der Waals surface area contributed by atoms with E-state index >= 15 is 0 Å². The lowest BCUT2D eigenvalue weighted by molar-refractivity contribution is -0.145. The predicted molar refractivity (Wildman–Crippen MR) is 65.3 cm³/mol. The molecule has 1 aromatic rings. The monoisotopic (exact) mass is 248 g/mol. The van der Waals surface area contributed by atoms with E-state index in [9.17, 15) is 9.59 Å². The number of carbonyl (C=O) groups is 2. The van der Waals surface area contributed by atoms with Crippen LogP contribution in [0.25, 0.3) is 0 Å². The lowest BCUT2D eigenvalue weighted by Crippen LogP contribution is -2.21. The molecule has 0 radical (unpaired) electrons. The number of hydrogen-bond acceptors (Lipinski definition) is 4. The lowest BCUT2D eigenvalue weighted by Gasteiger charge is -2.19. The molecule has 2 rings (SSSR count). The normalized spacial score (nSPS) is 25.6. The molecule has 0 aliphatic heterocycles. The van der Waals surface area contributed by atoms with Crippen LogP contribution in [0.1, 0.15) is 29.3 Å². The highest BCUT2D eigenvalue weighted by molar-refractivity contribution is 5.83. The third kappa shape index (κ3) is 1.93. The topological polar surface area (TPSA) is 52.6 Å². The van der Waals surface area contributed by atoms with Gasteiger partial charge in [0.05, 0.1) is 13.0 Å². The maximum atomic E-state index is 11.6. The van der Waals surface area contributed by atoms with Crippen LogP contribution in [0.2, 0.25) is 0 Å². The van der Waals surface area contributed by atoms with Crippen molar-refractivity contribution in [2.75, 3.05) is 13.7 Å². The summed E-state index contributed by atoms with van der Waals surface area (Å²) in [5.41, 5.74) is 0.661. The third-order valence-corrected chi connectivity index (χ3v) is 3.34. The van der Waals surface area contributed by atoms with Crippen molar-refractivity contribution in [3.63, 3.8) is 0 Å². The fourth-order valence-electron chi connectivity index (χ4n) is 2.44. The van der Waals surface area contributed by atoms with Crippen molar-refractivity contribution in [3.05, 3.63) is 35.4 Å². The molecule has 2 atom stereocenters. The summed E-state index contributed by atoms with van der Waals surface area (Å²) in [6.45, 7) is 2.36. The summed E-state index contributed by atoms with van der Waals surface area (Å²) < 4.78 is 10.5. The number of hydrogen-bond donors (Lipinski definition) is 0. The molecule has 18 heavy (non-hydrogen) atoms. The molecule has 0 spiro atoms. The quantitative estimate of drug-likeness (QED) is 0.590. The van der Waals surface area contributed by atoms with Gasteiger partial charge in [0.2, 0.25) is 0 Å². The van der Waals surface area contributed by atoms with Gasteiger partial charge in [-0.1, -0.05) is 24.3 Å². The van der Waals surface area contributed by atoms with Gasteiger partial charge in [0.1, 0.15) is 11.9 Å². The highest BCUT2D eigenvalue weighted by atomic mass is 16.5. The van der Waals surface area contributed by atoms with Crippen LogP contribution >= 0.6 is 0 Å². The van der Waals surface area contributed by atoms with E-state index in [-0.39, 0.29) is 11.9 Å². The Morgan fingerprint density at radius 3 is 2.83 bits per heavy atom. The lowest BCUT2D eigenvalue weighted by atomic mass is 9.99. The van der Waals surface area contributed by atoms with Gasteiger partial charge in [-0.25, -0.2) is 0 Å². The van der Waals surface area contributed by atoms with Gasteiger partial charge in [0, 0.05) is 12.2 Å². The molecule has 0 aromatic heterocycles. The van der Waals surface area contributed by atoms with Gasteiger partial charge in [-0.3, -0.25) is 9.59 Å². The smallest absolute Gasteiger partial charge is 0.312 e. The first kappa shape index (κ1) is 12.8. The van der Waals surface area contributed by atoms with Crippen LogP contribution < -0.4 is 0 Å². The zero-order chi connectivity index (χ0) is 13.2. The first-order valence-electron chi connectivity index (χ1n) is 5.96. The van der Waals surface area contributed by atoms with E-state index in [4.69, 9.17) is 9.47 Å². The van der Waals surface area contributed by atoms with Crippen LogP contribution in [-0.2, 0) is 19.9 Å². The van der Waals surface area contributed by atoms with Crippen molar-refractivity contribution in [2.45, 2.75) is 18.9 Å². The molecule has 1 aliphatic rings. The molecule has 96 valence electrons. The Morgan fingerprint density at radius 1 is 1.50 bits per heavy atom. The first-order chi connectivity index (χ1) is 8.69. The minimum Gasteiger partial charge on any atom is -0.469 e. The van der Waals surface area contributed by atoms with Crippen molar-refractivity contribution in [1.29, 1.82) is 0 Å². The van der Waals surface area contributed by atoms with Gasteiger partial charge in [-0.2, -0.15) is 0 Å². The van der Waals surface area contributed by atoms with Gasteiger partial charge in [-0.05, 0) is 18.9 Å². The Labute approximate surface area is 106 Å². The van der Waals surface area contributed by atoms with Crippen LogP contribution in [0, 0.1) is 5.92 Å². The molecule has 0 bridgehead atoms. The van der Waals surface area contributed by atoms with Crippen LogP contribution in [0.15, 0.2) is 24.3 Å². The Morgan fingerprint density at radius 2 is 2.22 bits per heavy atom. The number of carbonyl (C=O) groups excluding carboxylic acids is 2. The van der Waals surface area contributed by atoms with Crippen molar-refractivity contribution in [2.24, 2.45) is 5.92 Å². The maximum absolute atomic E-state index is 11.6. The molecule has 0 N–H and O–H groups in total. The molecule has 0 heterocycles. The molecule has 0 unspecified atom stereocenters. The van der Waals surface area contributed by atoms with Gasteiger partial charge in [0.25, 0.3) is 0 Å². The van der Waals surface area contributed by atoms with Crippen LogP contribution in [0.4, 0.5) is 0 Å². The molecular formula is C14H16O4. The fourth-order valence-corrected chi connectivity index (χ4v) is 2.44. The average Bonchev–Trinajstić information content (AvgIpc) is 3.14. The highest BCUT2D eigenvalue weighted by Crippen LogP contribution is 2.56. The Bertz CT molecular complexity index is 469. The average molecular weight is 248 g/mol. The zero-order valence-electron chi connectivity index (χ0n) is 10.5. The second kappa shape index (κ2) is 4.90. The summed E-state index contributed by atoms with van der Waals surface area (Å²) in [4.78, 5) is 22.7. The van der Waals surface area contributed by atoms with Gasteiger partial charge in [0.15, 0.2) is 0 Å². The molecule has 1 aliphatic carbocycles. The van der Waals surface area contributed by atoms with Crippen molar-refractivity contribution in [1.82, 2.24) is 0 Å². The second-order valence-corrected chi connectivity index (χ2v) is 4.31. The summed E-state index contributed by atoms with van der Waals surface area (Å²) in [5.74, 6) is -0.604. The summed E-state index contributed by atoms with van der Waals surface area (Å²) >= 11 is 0. The molecule has 0 saturated heterocycles. The van der Waals surface area contributed by atoms with E-state index in [1.807, 2.05) is 19.1 Å². The van der Waals surface area contributed by atoms with E-state index in [1.165, 1.54) is 7.11 Å². The van der Waals surface area contributed by atoms with Gasteiger partial charge in [-0.15, -0.1) is 0 Å². The Balaban J connectivity index is 2.38. The summed E-state index contributed by atoms with van der Waals surface area (Å²) in [6, 6.07) is 7.20. The summed E-state index contributed by atoms with van der Waals surface area (Å²) in [5, 5.41) is 0. The van der Waals surface area contributed by atoms with E-state index in [2.05, 4.69) is 0 Å². The van der Waals surface area contributed by atoms with E-state index in [1.54, 1.807) is 12.1 Å². The molecule has 1 aromatic carbocycles. The van der Waals surface area contributed by atoms with Crippen molar-refractivity contribution >= 4 is 12.3 Å². The SMILES string of the molecule is CCO[C@]1(c2ccccc2C=O)C[C@@H]1C(=O)OC. The molecule has 4 heteroatoms. The second-order valence-electron chi connectivity index (χ2n) is 4.31. The maximum Gasteiger partial charge on any atom is 0.312 e. The van der Waals surface area contributed by atoms with Gasteiger partial charge >= 0.3 is 5.97 Å². The molecule has 4 nitrogen and oxygen atoms in total. The minimum absolute atomic E-state index is 0.288. The van der Waals surface area contributed by atoms with Crippen molar-refractivity contribution < 1.29 is 19.1 Å². The largest absolute Gasteiger partial charge is 0.469 e. The molecule has 0 amide bonds. The van der Waals surface area contributed by atoms with E-state index in [0.717, 1.165) is 11.8 Å². The van der Waals surface area contributed by atoms with Crippen molar-refractivity contribution in [3.8, 4) is 0 Å². The van der Waals surface area contributed by atoms with Crippen LogP contribution in [0.5, 0.6) is 0 Å². The van der Waals surface area contributed by atoms with E-state index in [0.29, 0.717) is 18.6 Å². The number of rotatable bonds is 5. The number of aldehydes is 1. The Hall–Kier alpha value is -1.68. The number of ether oxygens (including phenoxy) is 2. The highest BCUT2D eigenvalue weighted by Gasteiger charge is 2.62.